The highest BCUT2D eigenvalue weighted by Gasteiger charge is 2.43. The lowest BCUT2D eigenvalue weighted by atomic mass is 9.82. The van der Waals surface area contributed by atoms with E-state index in [0.717, 1.165) is 44.3 Å². The summed E-state index contributed by atoms with van der Waals surface area (Å²) < 4.78 is 40.6. The number of nitrogens with zero attached hydrogens (tertiary/aromatic N) is 1. The monoisotopic (exact) mass is 473 g/mol. The molecule has 1 aliphatic carbocycles. The number of hydrogen-bond donors (Lipinski definition) is 0. The first-order valence-electron chi connectivity index (χ1n) is 11.2. The van der Waals surface area contributed by atoms with Gasteiger partial charge in [-0.3, -0.25) is 13.9 Å². The molecule has 8 heteroatoms. The van der Waals surface area contributed by atoms with Crippen LogP contribution in [0.4, 0.5) is 0 Å². The predicted octanol–water partition coefficient (Wildman–Crippen LogP) is 3.32. The highest BCUT2D eigenvalue weighted by atomic mass is 32.2. The van der Waals surface area contributed by atoms with Gasteiger partial charge in [-0.05, 0) is 61.5 Å². The van der Waals surface area contributed by atoms with Crippen molar-refractivity contribution in [1.82, 2.24) is 4.90 Å². The van der Waals surface area contributed by atoms with Crippen molar-refractivity contribution in [2.45, 2.75) is 31.9 Å². The molecular formula is C25H31NO6S. The summed E-state index contributed by atoms with van der Waals surface area (Å²) >= 11 is 0. The van der Waals surface area contributed by atoms with E-state index in [2.05, 4.69) is 17.0 Å². The molecule has 178 valence electrons. The van der Waals surface area contributed by atoms with Gasteiger partial charge in [-0.2, -0.15) is 8.42 Å². The topological polar surface area (TPSA) is 82.1 Å². The molecule has 0 spiro atoms. The number of ether oxygens (including phenoxy) is 2. The van der Waals surface area contributed by atoms with Crippen LogP contribution >= 0.6 is 0 Å². The Morgan fingerprint density at radius 2 is 1.67 bits per heavy atom. The fourth-order valence-electron chi connectivity index (χ4n) is 5.07. The van der Waals surface area contributed by atoms with Gasteiger partial charge in [0, 0.05) is 12.1 Å². The molecule has 4 rings (SSSR count). The normalized spacial score (nSPS) is 20.5. The van der Waals surface area contributed by atoms with E-state index in [1.807, 2.05) is 24.3 Å². The summed E-state index contributed by atoms with van der Waals surface area (Å²) in [6.45, 7) is 2.52. The molecule has 2 aliphatic rings. The zero-order valence-electron chi connectivity index (χ0n) is 19.3. The number of methoxy groups -OCH3 is 2. The van der Waals surface area contributed by atoms with Gasteiger partial charge in [0.15, 0.2) is 17.3 Å². The molecule has 0 N–H and O–H groups in total. The maximum atomic E-state index is 13.4. The number of likely N-dealkylation sites (tertiary alicyclic amines) is 1. The highest BCUT2D eigenvalue weighted by molar-refractivity contribution is 7.86. The van der Waals surface area contributed by atoms with Crippen LogP contribution in [0.2, 0.25) is 0 Å². The van der Waals surface area contributed by atoms with Crippen LogP contribution < -0.4 is 9.47 Å². The van der Waals surface area contributed by atoms with E-state index < -0.39 is 22.1 Å². The quantitative estimate of drug-likeness (QED) is 0.544. The molecule has 2 unspecified atom stereocenters. The zero-order valence-corrected chi connectivity index (χ0v) is 20.1. The molecule has 2 aromatic rings. The lowest BCUT2D eigenvalue weighted by Crippen LogP contribution is -2.43. The van der Waals surface area contributed by atoms with Crippen LogP contribution in [0.3, 0.4) is 0 Å². The first-order valence-corrected chi connectivity index (χ1v) is 13.0. The van der Waals surface area contributed by atoms with Gasteiger partial charge in [0.25, 0.3) is 10.1 Å². The number of Topliss-reactive ketones (excluding diaryl/α,β-unsaturated/α-hetero) is 1. The lowest BCUT2D eigenvalue weighted by molar-refractivity contribution is 0.0389. The highest BCUT2D eigenvalue weighted by Crippen LogP contribution is 2.41. The summed E-state index contributed by atoms with van der Waals surface area (Å²) in [5.41, 5.74) is 2.65. The first-order chi connectivity index (χ1) is 15.8. The van der Waals surface area contributed by atoms with Crippen molar-refractivity contribution in [3.63, 3.8) is 0 Å². The summed E-state index contributed by atoms with van der Waals surface area (Å²) in [5.74, 6) is 0.391. The van der Waals surface area contributed by atoms with Gasteiger partial charge >= 0.3 is 0 Å². The van der Waals surface area contributed by atoms with Crippen molar-refractivity contribution >= 4 is 15.9 Å². The standard InChI is InChI=1S/C25H31NO6S/c1-30-22-14-19-13-21(24(27)20(19)15-23(22)31-2)25(32-33(3,28)29)18-9-11-26(12-10-18)16-17-7-5-4-6-8-17/h4-8,14-15,18,21,25H,9-13,16H2,1-3H3. The zero-order chi connectivity index (χ0) is 23.6. The summed E-state index contributed by atoms with van der Waals surface area (Å²) in [6.07, 6.45) is 2.36. The maximum Gasteiger partial charge on any atom is 0.264 e. The van der Waals surface area contributed by atoms with Crippen molar-refractivity contribution in [3.8, 4) is 11.5 Å². The Labute approximate surface area is 195 Å². The van der Waals surface area contributed by atoms with Crippen LogP contribution in [-0.4, -0.2) is 58.8 Å². The van der Waals surface area contributed by atoms with Crippen molar-refractivity contribution in [2.75, 3.05) is 33.6 Å². The fraction of sp³-hybridized carbons (Fsp3) is 0.480. The van der Waals surface area contributed by atoms with Gasteiger partial charge in [0.2, 0.25) is 0 Å². The Morgan fingerprint density at radius 3 is 2.27 bits per heavy atom. The fourth-order valence-corrected chi connectivity index (χ4v) is 5.77. The van der Waals surface area contributed by atoms with Gasteiger partial charge in [0.05, 0.1) is 32.5 Å². The molecule has 0 aromatic heterocycles. The molecule has 2 atom stereocenters. The van der Waals surface area contributed by atoms with Crippen LogP contribution in [-0.2, 0) is 27.3 Å². The van der Waals surface area contributed by atoms with Gasteiger partial charge in [-0.25, -0.2) is 0 Å². The molecule has 0 amide bonds. The average molecular weight is 474 g/mol. The van der Waals surface area contributed by atoms with Crippen molar-refractivity contribution in [2.24, 2.45) is 11.8 Å². The van der Waals surface area contributed by atoms with E-state index in [0.29, 0.717) is 23.5 Å². The van der Waals surface area contributed by atoms with Gasteiger partial charge in [-0.15, -0.1) is 0 Å². The SMILES string of the molecule is COc1cc2c(cc1OC)C(=O)C(C(OS(C)(=O)=O)C1CCN(Cc3ccccc3)CC1)C2. The van der Waals surface area contributed by atoms with E-state index >= 15 is 0 Å². The molecule has 1 heterocycles. The summed E-state index contributed by atoms with van der Waals surface area (Å²) in [6, 6.07) is 13.8. The molecule has 0 bridgehead atoms. The molecule has 1 aliphatic heterocycles. The number of piperidine rings is 1. The molecule has 0 radical (unpaired) electrons. The molecule has 0 saturated carbocycles. The summed E-state index contributed by atoms with van der Waals surface area (Å²) in [5, 5.41) is 0. The molecule has 7 nitrogen and oxygen atoms in total. The third kappa shape index (κ3) is 5.39. The van der Waals surface area contributed by atoms with Crippen molar-refractivity contribution in [3.05, 3.63) is 59.2 Å². The van der Waals surface area contributed by atoms with Gasteiger partial charge in [-0.1, -0.05) is 30.3 Å². The van der Waals surface area contributed by atoms with Crippen molar-refractivity contribution in [1.29, 1.82) is 0 Å². The first kappa shape index (κ1) is 23.7. The third-order valence-corrected chi connectivity index (χ3v) is 7.25. The van der Waals surface area contributed by atoms with Gasteiger partial charge < -0.3 is 9.47 Å². The second-order valence-electron chi connectivity index (χ2n) is 8.90. The number of fused-ring (bicyclic) bond motifs is 1. The Bertz CT molecular complexity index is 1090. The van der Waals surface area contributed by atoms with Crippen LogP contribution in [0, 0.1) is 11.8 Å². The number of ketones is 1. The van der Waals surface area contributed by atoms with Crippen molar-refractivity contribution < 1.29 is 26.9 Å². The average Bonchev–Trinajstić information content (AvgIpc) is 3.12. The minimum absolute atomic E-state index is 0.0150. The molecule has 33 heavy (non-hydrogen) atoms. The number of benzene rings is 2. The minimum Gasteiger partial charge on any atom is -0.493 e. The minimum atomic E-state index is -3.72. The smallest absolute Gasteiger partial charge is 0.264 e. The van der Waals surface area contributed by atoms with Crippen LogP contribution in [0.25, 0.3) is 0 Å². The maximum absolute atomic E-state index is 13.4. The Morgan fingerprint density at radius 1 is 1.03 bits per heavy atom. The summed E-state index contributed by atoms with van der Waals surface area (Å²) in [7, 11) is -0.643. The Balaban J connectivity index is 1.51. The molecular weight excluding hydrogens is 442 g/mol. The molecule has 2 aromatic carbocycles. The number of hydrogen-bond acceptors (Lipinski definition) is 7. The second-order valence-corrected chi connectivity index (χ2v) is 10.5. The Kier molecular flexibility index (Phi) is 7.07. The molecule has 1 saturated heterocycles. The second kappa shape index (κ2) is 9.83. The molecule has 1 fully saturated rings. The third-order valence-electron chi connectivity index (χ3n) is 6.68. The number of carbonyl (C=O) groups is 1. The van der Waals surface area contributed by atoms with E-state index in [4.69, 9.17) is 13.7 Å². The van der Waals surface area contributed by atoms with Gasteiger partial charge in [0.1, 0.15) is 0 Å². The van der Waals surface area contributed by atoms with E-state index in [-0.39, 0.29) is 11.7 Å². The van der Waals surface area contributed by atoms with E-state index in [1.54, 1.807) is 13.2 Å². The van der Waals surface area contributed by atoms with E-state index in [9.17, 15) is 13.2 Å². The van der Waals surface area contributed by atoms with Crippen LogP contribution in [0.1, 0.15) is 34.3 Å². The number of rotatable bonds is 8. The Hall–Kier alpha value is -2.42. The van der Waals surface area contributed by atoms with Crippen LogP contribution in [0.15, 0.2) is 42.5 Å². The predicted molar refractivity (Wildman–Crippen MR) is 125 cm³/mol. The van der Waals surface area contributed by atoms with E-state index in [1.165, 1.54) is 12.7 Å². The summed E-state index contributed by atoms with van der Waals surface area (Å²) in [4.78, 5) is 15.7. The lowest BCUT2D eigenvalue weighted by Gasteiger charge is -2.37. The largest absolute Gasteiger partial charge is 0.493 e. The number of carbonyl (C=O) groups excluding carboxylic acids is 1. The van der Waals surface area contributed by atoms with Crippen LogP contribution in [0.5, 0.6) is 11.5 Å².